The Bertz CT molecular complexity index is 3120. The van der Waals surface area contributed by atoms with Crippen molar-refractivity contribution in [1.29, 1.82) is 0 Å². The highest BCUT2D eigenvalue weighted by molar-refractivity contribution is 6.01. The molecule has 0 amide bonds. The fourth-order valence-electron chi connectivity index (χ4n) is 7.96. The van der Waals surface area contributed by atoms with Gasteiger partial charge in [-0.2, -0.15) is 0 Å². The first kappa shape index (κ1) is 37.3. The molecule has 10 rings (SSSR count). The highest BCUT2D eigenvalue weighted by Crippen LogP contribution is 2.40. The molecule has 61 heavy (non-hydrogen) atoms. The van der Waals surface area contributed by atoms with Crippen LogP contribution in [0.1, 0.15) is 18.1 Å². The van der Waals surface area contributed by atoms with E-state index in [1.54, 1.807) is 0 Å². The van der Waals surface area contributed by atoms with Crippen LogP contribution in [0.5, 0.6) is 0 Å². The molecule has 5 heteroatoms. The first-order valence-electron chi connectivity index (χ1n) is 20.6. The molecular formula is C56H42N4O. The summed E-state index contributed by atoms with van der Waals surface area (Å²) in [6, 6.07) is 76.5. The zero-order valence-corrected chi connectivity index (χ0v) is 34.0. The number of aryl methyl sites for hydroxylation is 1. The Hall–Kier alpha value is -8.02. The standard InChI is InChI=1S/C56H42N4O/c1-39-14-9-10-21-53(39)57-40(2)41-26-31-49(32-27-41)60(48-18-7-4-8-19-48)52-35-30-45-36-44(24-25-46(45)38-52)43-15-13-20-51(37-43)59(47-16-5-3-6-17-47)50-33-28-42(29-34-50)56-58-54-22-11-12-23-55(54)61-56/h3-38H,1-2H3/b57-40+. The van der Waals surface area contributed by atoms with E-state index in [1.807, 2.05) is 36.4 Å². The molecule has 0 bridgehead atoms. The van der Waals surface area contributed by atoms with Crippen LogP contribution in [0.3, 0.4) is 0 Å². The zero-order chi connectivity index (χ0) is 41.1. The molecule has 0 fully saturated rings. The number of rotatable bonds is 10. The average molecular weight is 787 g/mol. The van der Waals surface area contributed by atoms with E-state index in [2.05, 4.69) is 206 Å². The van der Waals surface area contributed by atoms with E-state index in [0.29, 0.717) is 5.89 Å². The molecule has 0 spiro atoms. The number of benzene rings is 9. The highest BCUT2D eigenvalue weighted by Gasteiger charge is 2.17. The second-order valence-corrected chi connectivity index (χ2v) is 15.2. The Morgan fingerprint density at radius 2 is 0.967 bits per heavy atom. The second kappa shape index (κ2) is 16.3. The van der Waals surface area contributed by atoms with Crippen molar-refractivity contribution in [2.45, 2.75) is 13.8 Å². The monoisotopic (exact) mass is 786 g/mol. The minimum atomic E-state index is 0.613. The predicted octanol–water partition coefficient (Wildman–Crippen LogP) is 15.7. The lowest BCUT2D eigenvalue weighted by Gasteiger charge is -2.26. The normalized spacial score (nSPS) is 11.5. The molecule has 0 saturated carbocycles. The van der Waals surface area contributed by atoms with Gasteiger partial charge in [0.2, 0.25) is 5.89 Å². The number of aliphatic imine (C=N–C) groups is 1. The average Bonchev–Trinajstić information content (AvgIpc) is 3.76. The number of anilines is 6. The molecule has 292 valence electrons. The summed E-state index contributed by atoms with van der Waals surface area (Å²) in [7, 11) is 0. The van der Waals surface area contributed by atoms with Gasteiger partial charge in [-0.3, -0.25) is 4.99 Å². The van der Waals surface area contributed by atoms with Crippen molar-refractivity contribution in [2.24, 2.45) is 4.99 Å². The van der Waals surface area contributed by atoms with Crippen LogP contribution in [0.2, 0.25) is 0 Å². The van der Waals surface area contributed by atoms with Crippen molar-refractivity contribution in [3.63, 3.8) is 0 Å². The summed E-state index contributed by atoms with van der Waals surface area (Å²) in [6.45, 7) is 4.17. The van der Waals surface area contributed by atoms with Gasteiger partial charge in [-0.1, -0.05) is 109 Å². The third-order valence-corrected chi connectivity index (χ3v) is 11.2. The summed E-state index contributed by atoms with van der Waals surface area (Å²) in [5, 5.41) is 2.34. The van der Waals surface area contributed by atoms with Crippen molar-refractivity contribution in [1.82, 2.24) is 4.98 Å². The van der Waals surface area contributed by atoms with Gasteiger partial charge in [0, 0.05) is 45.4 Å². The molecule has 0 N–H and O–H groups in total. The highest BCUT2D eigenvalue weighted by atomic mass is 16.3. The van der Waals surface area contributed by atoms with E-state index < -0.39 is 0 Å². The third kappa shape index (κ3) is 7.69. The van der Waals surface area contributed by atoms with Gasteiger partial charge >= 0.3 is 0 Å². The Balaban J connectivity index is 0.954. The zero-order valence-electron chi connectivity index (χ0n) is 34.0. The van der Waals surface area contributed by atoms with Gasteiger partial charge in [0.25, 0.3) is 0 Å². The molecule has 0 unspecified atom stereocenters. The molecule has 0 aliphatic rings. The van der Waals surface area contributed by atoms with Gasteiger partial charge < -0.3 is 14.2 Å². The Morgan fingerprint density at radius 3 is 1.67 bits per heavy atom. The van der Waals surface area contributed by atoms with Gasteiger partial charge in [-0.05, 0) is 156 Å². The molecule has 0 saturated heterocycles. The van der Waals surface area contributed by atoms with E-state index >= 15 is 0 Å². The lowest BCUT2D eigenvalue weighted by atomic mass is 9.99. The minimum absolute atomic E-state index is 0.613. The molecule has 0 aliphatic heterocycles. The summed E-state index contributed by atoms with van der Waals surface area (Å²) in [5.74, 6) is 0.613. The van der Waals surface area contributed by atoms with E-state index in [1.165, 1.54) is 10.8 Å². The summed E-state index contributed by atoms with van der Waals surface area (Å²) in [4.78, 5) is 14.3. The predicted molar refractivity (Wildman–Crippen MR) is 255 cm³/mol. The lowest BCUT2D eigenvalue weighted by molar-refractivity contribution is 0.620. The van der Waals surface area contributed by atoms with Gasteiger partial charge in [0.05, 0.1) is 5.69 Å². The van der Waals surface area contributed by atoms with Crippen LogP contribution in [-0.2, 0) is 0 Å². The summed E-state index contributed by atoms with van der Waals surface area (Å²) in [5.41, 5.74) is 15.5. The summed E-state index contributed by atoms with van der Waals surface area (Å²) >= 11 is 0. The van der Waals surface area contributed by atoms with Crippen molar-refractivity contribution < 1.29 is 4.42 Å². The Kier molecular flexibility index (Phi) is 9.97. The molecule has 9 aromatic carbocycles. The van der Waals surface area contributed by atoms with Crippen LogP contribution >= 0.6 is 0 Å². The number of oxazole rings is 1. The first-order chi connectivity index (χ1) is 30.0. The molecule has 1 heterocycles. The van der Waals surface area contributed by atoms with Crippen LogP contribution in [0.4, 0.5) is 39.8 Å². The second-order valence-electron chi connectivity index (χ2n) is 15.2. The Morgan fingerprint density at radius 1 is 0.443 bits per heavy atom. The van der Waals surface area contributed by atoms with Crippen molar-refractivity contribution in [2.75, 3.05) is 9.80 Å². The van der Waals surface area contributed by atoms with E-state index in [9.17, 15) is 0 Å². The fraction of sp³-hybridized carbons (Fsp3) is 0.0357. The van der Waals surface area contributed by atoms with Crippen molar-refractivity contribution >= 4 is 67.4 Å². The number of fused-ring (bicyclic) bond motifs is 2. The molecular weight excluding hydrogens is 745 g/mol. The smallest absolute Gasteiger partial charge is 0.227 e. The maximum Gasteiger partial charge on any atom is 0.227 e. The van der Waals surface area contributed by atoms with Crippen LogP contribution in [-0.4, -0.2) is 10.7 Å². The number of aromatic nitrogens is 1. The molecule has 0 radical (unpaired) electrons. The van der Waals surface area contributed by atoms with Crippen molar-refractivity contribution in [3.8, 4) is 22.6 Å². The first-order valence-corrected chi connectivity index (χ1v) is 20.6. The summed E-state index contributed by atoms with van der Waals surface area (Å²) in [6.07, 6.45) is 0. The molecule has 5 nitrogen and oxygen atoms in total. The molecule has 0 atom stereocenters. The van der Waals surface area contributed by atoms with Gasteiger partial charge in [0.15, 0.2) is 5.58 Å². The largest absolute Gasteiger partial charge is 0.436 e. The van der Waals surface area contributed by atoms with Gasteiger partial charge in [-0.25, -0.2) is 4.98 Å². The summed E-state index contributed by atoms with van der Waals surface area (Å²) < 4.78 is 6.08. The van der Waals surface area contributed by atoms with E-state index in [4.69, 9.17) is 14.4 Å². The van der Waals surface area contributed by atoms with Crippen LogP contribution in [0.25, 0.3) is 44.5 Å². The maximum atomic E-state index is 6.08. The topological polar surface area (TPSA) is 44.9 Å². The van der Waals surface area contributed by atoms with Crippen molar-refractivity contribution in [3.05, 3.63) is 230 Å². The SMILES string of the molecule is C/C(=N\c1ccccc1C)c1ccc(N(c2ccccc2)c2ccc3cc(-c4cccc(N(c5ccccc5)c5ccc(-c6nc7ccccc7o6)cc5)c4)ccc3c2)cc1. The van der Waals surface area contributed by atoms with E-state index in [-0.39, 0.29) is 0 Å². The fourth-order valence-corrected chi connectivity index (χ4v) is 7.96. The minimum Gasteiger partial charge on any atom is -0.436 e. The number of nitrogens with zero attached hydrogens (tertiary/aromatic N) is 4. The molecule has 10 aromatic rings. The van der Waals surface area contributed by atoms with Crippen LogP contribution in [0, 0.1) is 6.92 Å². The van der Waals surface area contributed by atoms with E-state index in [0.717, 1.165) is 84.4 Å². The quantitative estimate of drug-likeness (QED) is 0.130. The van der Waals surface area contributed by atoms with Crippen LogP contribution < -0.4 is 9.80 Å². The molecule has 0 aliphatic carbocycles. The van der Waals surface area contributed by atoms with Gasteiger partial charge in [0.1, 0.15) is 5.52 Å². The maximum absolute atomic E-state index is 6.08. The Labute approximate surface area is 356 Å². The number of hydrogen-bond donors (Lipinski definition) is 0. The number of hydrogen-bond acceptors (Lipinski definition) is 5. The number of para-hydroxylation sites is 5. The molecule has 1 aromatic heterocycles. The lowest BCUT2D eigenvalue weighted by Crippen LogP contribution is -2.10. The van der Waals surface area contributed by atoms with Gasteiger partial charge in [-0.15, -0.1) is 0 Å². The third-order valence-electron chi connectivity index (χ3n) is 11.2. The van der Waals surface area contributed by atoms with Crippen LogP contribution in [0.15, 0.2) is 228 Å².